The second-order valence-corrected chi connectivity index (χ2v) is 19.4. The zero-order valence-corrected chi connectivity index (χ0v) is 43.7. The molecule has 1 aliphatic heterocycles. The predicted molar refractivity (Wildman–Crippen MR) is 308 cm³/mol. The normalized spacial score (nSPS) is 12.4. The van der Waals surface area contributed by atoms with Gasteiger partial charge in [0.05, 0.1) is 33.4 Å². The van der Waals surface area contributed by atoms with Crippen molar-refractivity contribution >= 4 is 88.2 Å². The Morgan fingerprint density at radius 2 is 0.895 bits per heavy atom. The molecule has 0 saturated heterocycles. The van der Waals surface area contributed by atoms with Gasteiger partial charge in [-0.3, -0.25) is 0 Å². The number of hydrogen-bond donors (Lipinski definition) is 0. The van der Waals surface area contributed by atoms with Crippen molar-refractivity contribution in [2.24, 2.45) is 0 Å². The van der Waals surface area contributed by atoms with Crippen molar-refractivity contribution in [1.82, 2.24) is 18.7 Å². The quantitative estimate of drug-likeness (QED) is 0.142. The minimum Gasteiger partial charge on any atom is -0.509 e. The molecule has 0 spiro atoms. The number of anilines is 4. The van der Waals surface area contributed by atoms with Crippen molar-refractivity contribution < 1.29 is 25.8 Å². The second kappa shape index (κ2) is 18.0. The number of fused-ring (bicyclic) bond motifs is 10. The Labute approximate surface area is 454 Å². The molecule has 5 heterocycles. The van der Waals surface area contributed by atoms with Crippen LogP contribution in [0.1, 0.15) is 11.1 Å². The summed E-state index contributed by atoms with van der Waals surface area (Å²) >= 11 is 0. The van der Waals surface area contributed by atoms with E-state index >= 15 is 0 Å². The van der Waals surface area contributed by atoms with Crippen LogP contribution < -0.4 is 14.5 Å². The maximum Gasteiger partial charge on any atom is 0.135 e. The summed E-state index contributed by atoms with van der Waals surface area (Å²) in [5, 5.41) is 7.02. The van der Waals surface area contributed by atoms with E-state index in [4.69, 9.17) is 9.72 Å². The van der Waals surface area contributed by atoms with E-state index in [1.807, 2.05) is 18.2 Å². The summed E-state index contributed by atoms with van der Waals surface area (Å²) < 4.78 is 13.8. The van der Waals surface area contributed by atoms with E-state index in [2.05, 4.69) is 269 Å². The van der Waals surface area contributed by atoms with Gasteiger partial charge >= 0.3 is 0 Å². The summed E-state index contributed by atoms with van der Waals surface area (Å²) in [6.45, 7) is 6.44. The van der Waals surface area contributed by atoms with E-state index in [1.54, 1.807) is 0 Å². The molecule has 0 bridgehead atoms. The topological polar surface area (TPSA) is 43.4 Å². The van der Waals surface area contributed by atoms with Gasteiger partial charge in [-0.15, -0.1) is 48.1 Å². The first-order valence-electron chi connectivity index (χ1n) is 25.4. The van der Waals surface area contributed by atoms with E-state index in [1.165, 1.54) is 27.1 Å². The van der Waals surface area contributed by atoms with Crippen molar-refractivity contribution in [3.8, 4) is 39.8 Å². The summed E-state index contributed by atoms with van der Waals surface area (Å²) in [7, 11) is 0. The van der Waals surface area contributed by atoms with Crippen LogP contribution >= 0.6 is 0 Å². The summed E-state index contributed by atoms with van der Waals surface area (Å²) in [6.07, 6.45) is 2.07. The standard InChI is InChI=1S/C68H45N6O.Pt/c1-44-33-35-46(36-34-44)70-43-71(63-30-14-13-29-62(63)70)47-17-15-18-48(40-47)75-49-37-38-55-54-23-7-12-28-61(54)74(66(55)41-49)67-39-45(2)56(42-69-67)68-64(72-57-24-8-3-19-50(57)51-20-4-9-25-58(51)72)31-16-32-65(68)73-59-26-10-5-21-52(59)53-22-6-11-27-60(53)73;/h3-39,42-43H,1-2H3;/q-3;. The van der Waals surface area contributed by atoms with Crippen molar-refractivity contribution in [2.45, 2.75) is 13.8 Å². The fourth-order valence-electron chi connectivity index (χ4n) is 11.6. The van der Waals surface area contributed by atoms with Crippen LogP contribution in [0.5, 0.6) is 11.5 Å². The first-order chi connectivity index (χ1) is 37.0. The van der Waals surface area contributed by atoms with Crippen LogP contribution in [0.25, 0.3) is 93.7 Å². The Balaban J connectivity index is 0.00000528. The maximum absolute atomic E-state index is 6.70. The molecule has 8 heteroatoms. The minimum atomic E-state index is 0. The van der Waals surface area contributed by atoms with Crippen LogP contribution in [0.3, 0.4) is 0 Å². The number of benzene rings is 10. The van der Waals surface area contributed by atoms with Gasteiger partial charge in [0.25, 0.3) is 0 Å². The Morgan fingerprint density at radius 3 is 1.46 bits per heavy atom. The number of aryl methyl sites for hydroxylation is 2. The van der Waals surface area contributed by atoms with Gasteiger partial charge in [0, 0.05) is 94.0 Å². The molecule has 0 fully saturated rings. The Morgan fingerprint density at radius 1 is 0.421 bits per heavy atom. The van der Waals surface area contributed by atoms with E-state index < -0.39 is 0 Å². The molecule has 0 unspecified atom stereocenters. The number of ether oxygens (including phenoxy) is 1. The molecular formula is C68H45N6OPt-3. The van der Waals surface area contributed by atoms with Crippen LogP contribution in [0.2, 0.25) is 0 Å². The summed E-state index contributed by atoms with van der Waals surface area (Å²) in [5.74, 6) is 1.96. The maximum atomic E-state index is 6.70. The van der Waals surface area contributed by atoms with Crippen LogP contribution in [-0.2, 0) is 21.1 Å². The number of aromatic nitrogens is 4. The number of pyridine rings is 1. The fourth-order valence-corrected chi connectivity index (χ4v) is 11.6. The third-order valence-electron chi connectivity index (χ3n) is 15.0. The Hall–Kier alpha value is -9.16. The third-order valence-corrected chi connectivity index (χ3v) is 15.0. The molecule has 15 rings (SSSR count). The molecule has 1 aliphatic rings. The van der Waals surface area contributed by atoms with Crippen molar-refractivity contribution in [2.75, 3.05) is 9.80 Å². The number of nitrogens with zero attached hydrogens (tertiary/aromatic N) is 6. The SMILES string of the molecule is Cc1ccc(N2[CH-]N(c3[c-]c(Oc4[c-]c5c(cc4)c4ccccc4n5-c4cc(C)c(-c5c(-n6c7ccccc7c7ccccc76)cccc5-n5c6ccccc6c6ccccc65)cn4)ccc3)c3ccccc32)cc1.[Pt]. The molecule has 7 nitrogen and oxygen atoms in total. The van der Waals surface area contributed by atoms with Crippen molar-refractivity contribution in [1.29, 1.82) is 0 Å². The van der Waals surface area contributed by atoms with E-state index in [9.17, 15) is 0 Å². The summed E-state index contributed by atoms with van der Waals surface area (Å²) in [5.41, 5.74) is 17.2. The molecule has 10 aromatic carbocycles. The molecule has 0 amide bonds. The first kappa shape index (κ1) is 45.5. The first-order valence-corrected chi connectivity index (χ1v) is 25.4. The average molecular weight is 1160 g/mol. The molecule has 0 radical (unpaired) electrons. The zero-order chi connectivity index (χ0) is 49.7. The van der Waals surface area contributed by atoms with E-state index in [-0.39, 0.29) is 21.1 Å². The summed E-state index contributed by atoms with van der Waals surface area (Å²) in [6, 6.07) is 86.9. The number of para-hydroxylation sites is 7. The van der Waals surface area contributed by atoms with Gasteiger partial charge in [0.2, 0.25) is 0 Å². The van der Waals surface area contributed by atoms with E-state index in [0.29, 0.717) is 11.5 Å². The zero-order valence-electron chi connectivity index (χ0n) is 41.4. The van der Waals surface area contributed by atoms with Gasteiger partial charge in [-0.25, -0.2) is 4.98 Å². The molecule has 366 valence electrons. The number of rotatable bonds is 8. The van der Waals surface area contributed by atoms with Gasteiger partial charge in [-0.05, 0) is 97.6 Å². The van der Waals surface area contributed by atoms with Crippen LogP contribution in [0.15, 0.2) is 231 Å². The monoisotopic (exact) mass is 1160 g/mol. The molecule has 0 aliphatic carbocycles. The molecular weight excluding hydrogens is 1110 g/mol. The molecule has 14 aromatic rings. The molecule has 0 saturated carbocycles. The van der Waals surface area contributed by atoms with Gasteiger partial charge in [-0.1, -0.05) is 132 Å². The largest absolute Gasteiger partial charge is 0.509 e. The van der Waals surface area contributed by atoms with Crippen LogP contribution in [-0.4, -0.2) is 18.7 Å². The minimum absolute atomic E-state index is 0. The second-order valence-electron chi connectivity index (χ2n) is 19.4. The Bertz CT molecular complexity index is 4370. The van der Waals surface area contributed by atoms with Crippen molar-refractivity contribution in [3.05, 3.63) is 261 Å². The van der Waals surface area contributed by atoms with Gasteiger partial charge in [0.15, 0.2) is 0 Å². The average Bonchev–Trinajstić information content (AvgIpc) is 4.23. The Kier molecular flexibility index (Phi) is 10.8. The third kappa shape index (κ3) is 7.11. The van der Waals surface area contributed by atoms with E-state index in [0.717, 1.165) is 101 Å². The predicted octanol–water partition coefficient (Wildman–Crippen LogP) is 17.5. The molecule has 0 atom stereocenters. The number of hydrogen-bond acceptors (Lipinski definition) is 4. The van der Waals surface area contributed by atoms with Crippen LogP contribution in [0.4, 0.5) is 22.7 Å². The smallest absolute Gasteiger partial charge is 0.135 e. The van der Waals surface area contributed by atoms with Crippen molar-refractivity contribution in [3.63, 3.8) is 0 Å². The van der Waals surface area contributed by atoms with Gasteiger partial charge in [0.1, 0.15) is 5.82 Å². The molecule has 0 N–H and O–H groups in total. The molecule has 4 aromatic heterocycles. The summed E-state index contributed by atoms with van der Waals surface area (Å²) in [4.78, 5) is 9.82. The molecule has 76 heavy (non-hydrogen) atoms. The van der Waals surface area contributed by atoms with Gasteiger partial charge in [-0.2, -0.15) is 12.1 Å². The van der Waals surface area contributed by atoms with Gasteiger partial charge < -0.3 is 28.2 Å². The fraction of sp³-hybridized carbons (Fsp3) is 0.0294. The van der Waals surface area contributed by atoms with Crippen LogP contribution in [0, 0.1) is 32.6 Å².